The summed E-state index contributed by atoms with van der Waals surface area (Å²) in [5.41, 5.74) is 10.7. The minimum atomic E-state index is 1.12. The molecular weight excluding hydrogens is 703 g/mol. The zero-order chi connectivity index (χ0) is 36.3. The zero-order valence-electron chi connectivity index (χ0n) is 29.8. The number of hydrogen-bond acceptors (Lipinski definition) is 3. The topological polar surface area (TPSA) is 3.24 Å². The van der Waals surface area contributed by atoms with Gasteiger partial charge in [0.1, 0.15) is 0 Å². The largest absolute Gasteiger partial charge is 0.308 e. The predicted octanol–water partition coefficient (Wildman–Crippen LogP) is 16.0. The molecule has 0 N–H and O–H groups in total. The van der Waals surface area contributed by atoms with Gasteiger partial charge in [-0.25, -0.2) is 0 Å². The van der Waals surface area contributed by atoms with Crippen LogP contribution in [0.4, 0.5) is 17.1 Å². The number of hydrogen-bond donors (Lipinski definition) is 0. The van der Waals surface area contributed by atoms with E-state index >= 15 is 0 Å². The molecule has 0 fully saturated rings. The van der Waals surface area contributed by atoms with Crippen LogP contribution in [0.15, 0.2) is 200 Å². The Labute approximate surface area is 327 Å². The van der Waals surface area contributed by atoms with Crippen LogP contribution < -0.4 is 4.90 Å². The molecule has 2 heterocycles. The molecule has 55 heavy (non-hydrogen) atoms. The van der Waals surface area contributed by atoms with Crippen LogP contribution in [0.1, 0.15) is 0 Å². The van der Waals surface area contributed by atoms with Gasteiger partial charge in [-0.05, 0) is 81.2 Å². The van der Waals surface area contributed by atoms with Crippen molar-refractivity contribution < 1.29 is 0 Å². The summed E-state index contributed by atoms with van der Waals surface area (Å²) in [6.07, 6.45) is 0. The summed E-state index contributed by atoms with van der Waals surface area (Å²) in [5, 5.41) is 7.65. The van der Waals surface area contributed by atoms with Gasteiger partial charge in [0.05, 0.1) is 16.1 Å². The fourth-order valence-corrected chi connectivity index (χ4v) is 10.7. The van der Waals surface area contributed by atoms with Crippen LogP contribution in [0.2, 0.25) is 0 Å². The Morgan fingerprint density at radius 2 is 0.873 bits per heavy atom. The molecular formula is C52H33NS2. The fraction of sp³-hybridized carbons (Fsp3) is 0. The number of rotatable bonds is 6. The first-order valence-electron chi connectivity index (χ1n) is 18.7. The minimum Gasteiger partial charge on any atom is -0.308 e. The van der Waals surface area contributed by atoms with Crippen LogP contribution in [-0.4, -0.2) is 0 Å². The third kappa shape index (κ3) is 5.35. The summed E-state index contributed by atoms with van der Waals surface area (Å²) in [5.74, 6) is 0. The molecule has 0 saturated carbocycles. The molecule has 0 amide bonds. The molecule has 0 radical (unpaired) electrons. The average molecular weight is 736 g/mol. The molecule has 0 bridgehead atoms. The van der Waals surface area contributed by atoms with E-state index in [1.165, 1.54) is 90.2 Å². The van der Waals surface area contributed by atoms with Gasteiger partial charge in [-0.2, -0.15) is 0 Å². The van der Waals surface area contributed by atoms with E-state index in [0.717, 1.165) is 11.4 Å². The monoisotopic (exact) mass is 735 g/mol. The number of nitrogens with zero attached hydrogens (tertiary/aromatic N) is 1. The van der Waals surface area contributed by atoms with Gasteiger partial charge >= 0.3 is 0 Å². The van der Waals surface area contributed by atoms with Gasteiger partial charge < -0.3 is 4.90 Å². The first kappa shape index (κ1) is 32.0. The second-order valence-electron chi connectivity index (χ2n) is 14.0. The third-order valence-corrected chi connectivity index (χ3v) is 13.2. The second-order valence-corrected chi connectivity index (χ2v) is 16.2. The summed E-state index contributed by atoms with van der Waals surface area (Å²) in [7, 11) is 0. The van der Waals surface area contributed by atoms with Gasteiger partial charge in [0, 0.05) is 46.7 Å². The van der Waals surface area contributed by atoms with Gasteiger partial charge in [-0.15, -0.1) is 22.7 Å². The Bertz CT molecular complexity index is 3210. The van der Waals surface area contributed by atoms with Crippen molar-refractivity contribution in [3.05, 3.63) is 200 Å². The average Bonchev–Trinajstić information content (AvgIpc) is 3.83. The molecule has 0 saturated heterocycles. The summed E-state index contributed by atoms with van der Waals surface area (Å²) in [4.78, 5) is 2.51. The highest BCUT2D eigenvalue weighted by atomic mass is 32.1. The van der Waals surface area contributed by atoms with Crippen LogP contribution in [0.25, 0.3) is 84.5 Å². The third-order valence-electron chi connectivity index (χ3n) is 10.9. The van der Waals surface area contributed by atoms with Crippen molar-refractivity contribution in [2.45, 2.75) is 0 Å². The SMILES string of the molecule is c1ccc(-c2ccc(N(c3ccc(-c4ccccc4)c4ccccc34)c3cccc4c3sc3ccccc34)cc2-c2ccc3c(c2)sc2ccccc23)cc1. The Morgan fingerprint density at radius 3 is 1.64 bits per heavy atom. The van der Waals surface area contributed by atoms with E-state index in [0.29, 0.717) is 0 Å². The highest BCUT2D eigenvalue weighted by molar-refractivity contribution is 7.26. The Hall–Kier alpha value is -6.52. The quantitative estimate of drug-likeness (QED) is 0.164. The minimum absolute atomic E-state index is 1.12. The van der Waals surface area contributed by atoms with E-state index in [9.17, 15) is 0 Å². The molecule has 11 aromatic rings. The van der Waals surface area contributed by atoms with Crippen LogP contribution in [-0.2, 0) is 0 Å². The number of fused-ring (bicyclic) bond motifs is 7. The van der Waals surface area contributed by atoms with E-state index in [1.54, 1.807) is 0 Å². The molecule has 11 rings (SSSR count). The van der Waals surface area contributed by atoms with E-state index in [4.69, 9.17) is 0 Å². The van der Waals surface area contributed by atoms with Crippen molar-refractivity contribution in [1.82, 2.24) is 0 Å². The molecule has 2 aromatic heterocycles. The zero-order valence-corrected chi connectivity index (χ0v) is 31.4. The van der Waals surface area contributed by atoms with Gasteiger partial charge in [0.2, 0.25) is 0 Å². The van der Waals surface area contributed by atoms with Gasteiger partial charge in [0.15, 0.2) is 0 Å². The maximum Gasteiger partial charge on any atom is 0.0640 e. The normalized spacial score (nSPS) is 11.6. The van der Waals surface area contributed by atoms with Crippen molar-refractivity contribution in [3.8, 4) is 33.4 Å². The Kier molecular flexibility index (Phi) is 7.61. The van der Waals surface area contributed by atoms with E-state index in [1.807, 2.05) is 22.7 Å². The predicted molar refractivity (Wildman–Crippen MR) is 241 cm³/mol. The molecule has 258 valence electrons. The molecule has 0 spiro atoms. The summed E-state index contributed by atoms with van der Waals surface area (Å²) in [6, 6.07) is 73.5. The number of benzene rings is 9. The Morgan fingerprint density at radius 1 is 0.291 bits per heavy atom. The highest BCUT2D eigenvalue weighted by Gasteiger charge is 2.23. The van der Waals surface area contributed by atoms with E-state index < -0.39 is 0 Å². The van der Waals surface area contributed by atoms with Crippen LogP contribution in [0.3, 0.4) is 0 Å². The Balaban J connectivity index is 1.20. The van der Waals surface area contributed by atoms with Crippen LogP contribution in [0, 0.1) is 0 Å². The lowest BCUT2D eigenvalue weighted by molar-refractivity contribution is 1.32. The maximum atomic E-state index is 2.51. The summed E-state index contributed by atoms with van der Waals surface area (Å²) >= 11 is 3.75. The standard InChI is InChI=1S/C52H33NS2/c1-3-14-34(15-4-1)38-30-31-47(41-19-8-7-18-40(38)41)53(48-23-13-22-45-43-21-10-12-25-50(43)55-52(45)48)37-27-29-39(35-16-5-2-6-17-35)46(33-37)36-26-28-44-42-20-9-11-24-49(42)54-51(44)32-36/h1-33H. The summed E-state index contributed by atoms with van der Waals surface area (Å²) in [6.45, 7) is 0. The molecule has 0 atom stereocenters. The first-order valence-corrected chi connectivity index (χ1v) is 20.3. The van der Waals surface area contributed by atoms with Crippen molar-refractivity contribution in [2.24, 2.45) is 0 Å². The van der Waals surface area contributed by atoms with Crippen molar-refractivity contribution in [1.29, 1.82) is 0 Å². The lowest BCUT2D eigenvalue weighted by atomic mass is 9.92. The molecule has 1 nitrogen and oxygen atoms in total. The smallest absolute Gasteiger partial charge is 0.0640 e. The lowest BCUT2D eigenvalue weighted by Crippen LogP contribution is -2.11. The number of anilines is 3. The maximum absolute atomic E-state index is 2.51. The van der Waals surface area contributed by atoms with Crippen LogP contribution in [0.5, 0.6) is 0 Å². The number of thiophene rings is 2. The molecule has 0 aliphatic heterocycles. The van der Waals surface area contributed by atoms with E-state index in [2.05, 4.69) is 205 Å². The van der Waals surface area contributed by atoms with E-state index in [-0.39, 0.29) is 0 Å². The van der Waals surface area contributed by atoms with Crippen molar-refractivity contribution >= 4 is 90.9 Å². The lowest BCUT2D eigenvalue weighted by Gasteiger charge is -2.29. The highest BCUT2D eigenvalue weighted by Crippen LogP contribution is 2.49. The summed E-state index contributed by atoms with van der Waals surface area (Å²) < 4.78 is 5.20. The first-order chi connectivity index (χ1) is 27.3. The molecule has 0 aliphatic carbocycles. The fourth-order valence-electron chi connectivity index (χ4n) is 8.34. The van der Waals surface area contributed by atoms with Gasteiger partial charge in [-0.1, -0.05) is 158 Å². The molecule has 0 unspecified atom stereocenters. The van der Waals surface area contributed by atoms with Crippen LogP contribution >= 0.6 is 22.7 Å². The molecule has 9 aromatic carbocycles. The second kappa shape index (κ2) is 13.1. The van der Waals surface area contributed by atoms with Crippen molar-refractivity contribution in [2.75, 3.05) is 4.90 Å². The van der Waals surface area contributed by atoms with Gasteiger partial charge in [-0.3, -0.25) is 0 Å². The molecule has 0 aliphatic rings. The van der Waals surface area contributed by atoms with Crippen molar-refractivity contribution in [3.63, 3.8) is 0 Å². The van der Waals surface area contributed by atoms with Gasteiger partial charge in [0.25, 0.3) is 0 Å². The molecule has 3 heteroatoms.